The molecule has 2 aromatic rings. The van der Waals surface area contributed by atoms with E-state index in [1.807, 2.05) is 41.3 Å². The van der Waals surface area contributed by atoms with Crippen molar-refractivity contribution in [3.8, 4) is 23.0 Å². The lowest BCUT2D eigenvalue weighted by Gasteiger charge is -2.17. The van der Waals surface area contributed by atoms with Gasteiger partial charge in [-0.25, -0.2) is 0 Å². The van der Waals surface area contributed by atoms with Gasteiger partial charge < -0.3 is 29.2 Å². The van der Waals surface area contributed by atoms with Crippen LogP contribution in [0.2, 0.25) is 0 Å². The Morgan fingerprint density at radius 1 is 1.00 bits per heavy atom. The highest BCUT2D eigenvalue weighted by Gasteiger charge is 2.19. The first-order valence-corrected chi connectivity index (χ1v) is 9.89. The summed E-state index contributed by atoms with van der Waals surface area (Å²) in [5.41, 5.74) is 2.20. The molecule has 1 amide bonds. The molecule has 0 spiro atoms. The number of halogens is 1. The Labute approximate surface area is 182 Å². The molecule has 0 radical (unpaired) electrons. The molecule has 2 aromatic carbocycles. The smallest absolute Gasteiger partial charge is 0.260 e. The van der Waals surface area contributed by atoms with Gasteiger partial charge in [-0.2, -0.15) is 0 Å². The number of likely N-dealkylation sites (tertiary alicyclic amines) is 1. The zero-order valence-corrected chi connectivity index (χ0v) is 17.8. The first-order chi connectivity index (χ1) is 14.2. The molecular formula is C22H27ClN2O5. The quantitative estimate of drug-likeness (QED) is 0.688. The molecule has 2 aliphatic heterocycles. The van der Waals surface area contributed by atoms with Crippen molar-refractivity contribution in [3.05, 3.63) is 47.5 Å². The minimum Gasteiger partial charge on any atom is -0.493 e. The van der Waals surface area contributed by atoms with E-state index in [0.717, 1.165) is 48.6 Å². The van der Waals surface area contributed by atoms with E-state index in [1.165, 1.54) is 0 Å². The zero-order chi connectivity index (χ0) is 20.1. The number of nitrogens with one attached hydrogen (secondary N) is 1. The Hall–Kier alpha value is -2.64. The van der Waals surface area contributed by atoms with Crippen LogP contribution in [0.3, 0.4) is 0 Å². The number of methoxy groups -OCH3 is 1. The third-order valence-corrected chi connectivity index (χ3v) is 5.13. The summed E-state index contributed by atoms with van der Waals surface area (Å²) in [6.07, 6.45) is 2.14. The number of carbonyl (C=O) groups excluding carboxylic acids is 1. The maximum Gasteiger partial charge on any atom is 0.260 e. The van der Waals surface area contributed by atoms with E-state index in [-0.39, 0.29) is 31.7 Å². The summed E-state index contributed by atoms with van der Waals surface area (Å²) < 4.78 is 21.9. The highest BCUT2D eigenvalue weighted by Crippen LogP contribution is 2.32. The minimum absolute atomic E-state index is 0. The van der Waals surface area contributed by atoms with Gasteiger partial charge in [0.1, 0.15) is 0 Å². The van der Waals surface area contributed by atoms with E-state index in [0.29, 0.717) is 24.6 Å². The predicted molar refractivity (Wildman–Crippen MR) is 115 cm³/mol. The van der Waals surface area contributed by atoms with Crippen LogP contribution in [0.5, 0.6) is 23.0 Å². The second-order valence-corrected chi connectivity index (χ2v) is 7.15. The summed E-state index contributed by atoms with van der Waals surface area (Å²) in [6, 6.07) is 11.7. The van der Waals surface area contributed by atoms with E-state index >= 15 is 0 Å². The fourth-order valence-electron chi connectivity index (χ4n) is 3.54. The van der Waals surface area contributed by atoms with Crippen LogP contribution in [0, 0.1) is 0 Å². The van der Waals surface area contributed by atoms with Gasteiger partial charge in [0.05, 0.1) is 7.11 Å². The molecule has 0 atom stereocenters. The number of carbonyl (C=O) groups is 1. The second-order valence-electron chi connectivity index (χ2n) is 7.15. The van der Waals surface area contributed by atoms with Crippen LogP contribution in [0.1, 0.15) is 24.0 Å². The van der Waals surface area contributed by atoms with Crippen LogP contribution < -0.4 is 24.3 Å². The number of amides is 1. The van der Waals surface area contributed by atoms with Crippen LogP contribution in [0.15, 0.2) is 36.4 Å². The normalized spacial score (nSPS) is 14.4. The second kappa shape index (κ2) is 10.4. The number of rotatable bonds is 8. The van der Waals surface area contributed by atoms with Gasteiger partial charge in [-0.15, -0.1) is 12.4 Å². The lowest BCUT2D eigenvalue weighted by atomic mass is 10.1. The molecule has 8 heteroatoms. The molecule has 1 fully saturated rings. The average Bonchev–Trinajstić information content (AvgIpc) is 3.44. The summed E-state index contributed by atoms with van der Waals surface area (Å²) in [7, 11) is 1.61. The number of nitrogens with zero attached hydrogens (tertiary/aromatic N) is 1. The van der Waals surface area contributed by atoms with E-state index in [9.17, 15) is 4.79 Å². The number of fused-ring (bicyclic) bond motifs is 1. The lowest BCUT2D eigenvalue weighted by Crippen LogP contribution is -2.32. The van der Waals surface area contributed by atoms with Crippen LogP contribution >= 0.6 is 12.4 Å². The molecular weight excluding hydrogens is 408 g/mol. The summed E-state index contributed by atoms with van der Waals surface area (Å²) in [4.78, 5) is 14.0. The van der Waals surface area contributed by atoms with Gasteiger partial charge in [-0.3, -0.25) is 4.79 Å². The van der Waals surface area contributed by atoms with Crippen molar-refractivity contribution < 1.29 is 23.7 Å². The van der Waals surface area contributed by atoms with Gasteiger partial charge >= 0.3 is 0 Å². The molecule has 0 saturated carbocycles. The highest BCUT2D eigenvalue weighted by atomic mass is 35.5. The van der Waals surface area contributed by atoms with E-state index in [1.54, 1.807) is 7.11 Å². The fraction of sp³-hybridized carbons (Fsp3) is 0.409. The lowest BCUT2D eigenvalue weighted by molar-refractivity contribution is -0.132. The molecule has 7 nitrogen and oxygen atoms in total. The van der Waals surface area contributed by atoms with Crippen molar-refractivity contribution in [1.29, 1.82) is 0 Å². The largest absolute Gasteiger partial charge is 0.493 e. The van der Waals surface area contributed by atoms with Gasteiger partial charge in [-0.05, 0) is 48.2 Å². The monoisotopic (exact) mass is 434 g/mol. The standard InChI is InChI=1S/C22H26N2O5.ClH/c1-26-20-10-16(4-6-18(20)27-14-22(25)24-8-2-3-9-24)12-23-13-17-5-7-19-21(11-17)29-15-28-19;/h4-7,10-11,23H,2-3,8-9,12-15H2,1H3;1H. The van der Waals surface area contributed by atoms with Crippen molar-refractivity contribution in [3.63, 3.8) is 0 Å². The van der Waals surface area contributed by atoms with Gasteiger partial charge in [0.15, 0.2) is 29.6 Å². The molecule has 0 bridgehead atoms. The Morgan fingerprint density at radius 2 is 1.70 bits per heavy atom. The van der Waals surface area contributed by atoms with Crippen molar-refractivity contribution in [2.24, 2.45) is 0 Å². The molecule has 0 aromatic heterocycles. The van der Waals surface area contributed by atoms with E-state index in [4.69, 9.17) is 18.9 Å². The SMILES string of the molecule is COc1cc(CNCc2ccc3c(c2)OCO3)ccc1OCC(=O)N1CCCC1.Cl. The molecule has 30 heavy (non-hydrogen) atoms. The Balaban J connectivity index is 0.00000256. The molecule has 162 valence electrons. The molecule has 0 aliphatic carbocycles. The number of benzene rings is 2. The number of ether oxygens (including phenoxy) is 4. The van der Waals surface area contributed by atoms with Crippen molar-refractivity contribution in [2.45, 2.75) is 25.9 Å². The van der Waals surface area contributed by atoms with Gasteiger partial charge in [0.2, 0.25) is 6.79 Å². The molecule has 2 aliphatic rings. The van der Waals surface area contributed by atoms with E-state index < -0.39 is 0 Å². The molecule has 0 unspecified atom stereocenters. The van der Waals surface area contributed by atoms with Crippen LogP contribution in [-0.4, -0.2) is 44.4 Å². The zero-order valence-electron chi connectivity index (χ0n) is 17.0. The average molecular weight is 435 g/mol. The van der Waals surface area contributed by atoms with E-state index in [2.05, 4.69) is 5.32 Å². The Morgan fingerprint density at radius 3 is 2.47 bits per heavy atom. The van der Waals surface area contributed by atoms with Gasteiger partial charge in [0.25, 0.3) is 5.91 Å². The first kappa shape index (κ1) is 22.1. The topological polar surface area (TPSA) is 69.3 Å². The van der Waals surface area contributed by atoms with Gasteiger partial charge in [0, 0.05) is 26.2 Å². The van der Waals surface area contributed by atoms with Crippen LogP contribution in [0.25, 0.3) is 0 Å². The molecule has 2 heterocycles. The third kappa shape index (κ3) is 5.29. The van der Waals surface area contributed by atoms with Crippen molar-refractivity contribution in [2.75, 3.05) is 33.6 Å². The predicted octanol–water partition coefficient (Wildman–Crippen LogP) is 3.14. The molecule has 1 saturated heterocycles. The maximum absolute atomic E-state index is 12.2. The van der Waals surface area contributed by atoms with Crippen molar-refractivity contribution in [1.82, 2.24) is 10.2 Å². The Bertz CT molecular complexity index is 871. The summed E-state index contributed by atoms with van der Waals surface area (Å²) >= 11 is 0. The van der Waals surface area contributed by atoms with Crippen molar-refractivity contribution >= 4 is 18.3 Å². The molecule has 1 N–H and O–H groups in total. The number of hydrogen-bond donors (Lipinski definition) is 1. The summed E-state index contributed by atoms with van der Waals surface area (Å²) in [6.45, 7) is 3.36. The third-order valence-electron chi connectivity index (χ3n) is 5.13. The maximum atomic E-state index is 12.2. The molecule has 4 rings (SSSR count). The van der Waals surface area contributed by atoms with Crippen LogP contribution in [-0.2, 0) is 17.9 Å². The number of hydrogen-bond acceptors (Lipinski definition) is 6. The highest BCUT2D eigenvalue weighted by molar-refractivity contribution is 5.85. The first-order valence-electron chi connectivity index (χ1n) is 9.89. The minimum atomic E-state index is 0. The fourth-order valence-corrected chi connectivity index (χ4v) is 3.54. The van der Waals surface area contributed by atoms with Gasteiger partial charge in [-0.1, -0.05) is 12.1 Å². The summed E-state index contributed by atoms with van der Waals surface area (Å²) in [5, 5.41) is 3.41. The Kier molecular flexibility index (Phi) is 7.65. The van der Waals surface area contributed by atoms with Crippen LogP contribution in [0.4, 0.5) is 0 Å². The summed E-state index contributed by atoms with van der Waals surface area (Å²) in [5.74, 6) is 2.81.